The second-order valence-electron chi connectivity index (χ2n) is 5.07. The highest BCUT2D eigenvalue weighted by atomic mass is 16.5. The highest BCUT2D eigenvalue weighted by Crippen LogP contribution is 2.24. The van der Waals surface area contributed by atoms with Crippen molar-refractivity contribution >= 4 is 12.0 Å². The summed E-state index contributed by atoms with van der Waals surface area (Å²) < 4.78 is 5.20. The van der Waals surface area contributed by atoms with Crippen LogP contribution in [-0.2, 0) is 9.53 Å². The first-order valence-corrected chi connectivity index (χ1v) is 6.78. The van der Waals surface area contributed by atoms with Crippen LogP contribution in [0.2, 0.25) is 0 Å². The van der Waals surface area contributed by atoms with E-state index >= 15 is 0 Å². The summed E-state index contributed by atoms with van der Waals surface area (Å²) in [7, 11) is 0. The Labute approximate surface area is 112 Å². The summed E-state index contributed by atoms with van der Waals surface area (Å²) in [5.41, 5.74) is 2.79. The monoisotopic (exact) mass is 271 g/mol. The first-order valence-electron chi connectivity index (χ1n) is 6.78. The predicted molar refractivity (Wildman–Crippen MR) is 67.4 cm³/mol. The van der Waals surface area contributed by atoms with Gasteiger partial charge in [0, 0.05) is 19.1 Å². The largest absolute Gasteiger partial charge is 0.481 e. The number of urea groups is 1. The molecule has 1 aliphatic carbocycles. The lowest BCUT2D eigenvalue weighted by Crippen LogP contribution is -2.53. The number of carboxylic acid groups (broad SMARTS) is 1. The number of hydrogen-bond donors (Lipinski definition) is 3. The second kappa shape index (κ2) is 6.72. The molecular weight excluding hydrogens is 250 g/mol. The van der Waals surface area contributed by atoms with Crippen molar-refractivity contribution in [2.24, 2.45) is 5.92 Å². The summed E-state index contributed by atoms with van der Waals surface area (Å²) in [6, 6.07) is -0.127. The number of nitrogens with one attached hydrogen (secondary N) is 2. The third kappa shape index (κ3) is 4.36. The lowest BCUT2D eigenvalue weighted by molar-refractivity contribution is -0.142. The minimum absolute atomic E-state index is 0.0802. The molecule has 2 amide bonds. The van der Waals surface area contributed by atoms with Gasteiger partial charge in [-0.25, -0.2) is 9.80 Å². The van der Waals surface area contributed by atoms with Gasteiger partial charge < -0.3 is 15.2 Å². The van der Waals surface area contributed by atoms with Crippen molar-refractivity contribution in [3.05, 3.63) is 0 Å². The first kappa shape index (κ1) is 14.1. The number of carbonyl (C=O) groups is 2. The normalized spacial score (nSPS) is 28.6. The van der Waals surface area contributed by atoms with Crippen LogP contribution in [0, 0.1) is 5.92 Å². The fourth-order valence-electron chi connectivity index (χ4n) is 2.52. The molecule has 0 aromatic carbocycles. The molecule has 108 valence electrons. The lowest BCUT2D eigenvalue weighted by atomic mass is 9.86. The smallest absolute Gasteiger partial charge is 0.329 e. The Bertz CT molecular complexity index is 323. The molecule has 1 heterocycles. The Kier molecular flexibility index (Phi) is 4.98. The quantitative estimate of drug-likeness (QED) is 0.681. The van der Waals surface area contributed by atoms with Gasteiger partial charge in [0.25, 0.3) is 0 Å². The fourth-order valence-corrected chi connectivity index (χ4v) is 2.52. The number of nitrogens with zero attached hydrogens (tertiary/aromatic N) is 1. The molecule has 3 N–H and O–H groups in total. The van der Waals surface area contributed by atoms with E-state index < -0.39 is 5.97 Å². The molecule has 2 aliphatic rings. The van der Waals surface area contributed by atoms with E-state index in [1.807, 2.05) is 5.01 Å². The van der Waals surface area contributed by atoms with Gasteiger partial charge >= 0.3 is 12.0 Å². The Morgan fingerprint density at radius 3 is 2.32 bits per heavy atom. The second-order valence-corrected chi connectivity index (χ2v) is 5.07. The number of hydrazine groups is 1. The van der Waals surface area contributed by atoms with Crippen molar-refractivity contribution in [1.82, 2.24) is 15.8 Å². The van der Waals surface area contributed by atoms with Crippen LogP contribution >= 0.6 is 0 Å². The van der Waals surface area contributed by atoms with E-state index in [9.17, 15) is 9.59 Å². The highest BCUT2D eigenvalue weighted by Gasteiger charge is 2.27. The van der Waals surface area contributed by atoms with Crippen LogP contribution < -0.4 is 10.7 Å². The molecule has 7 heteroatoms. The Morgan fingerprint density at radius 1 is 1.11 bits per heavy atom. The summed E-state index contributed by atoms with van der Waals surface area (Å²) in [6.45, 7) is 2.65. The minimum Gasteiger partial charge on any atom is -0.481 e. The standard InChI is InChI=1S/C12H21N3O4/c16-11(17)9-1-3-10(4-2-9)13-12(18)14-15-5-7-19-8-6-15/h9-10H,1-8H2,(H,16,17)(H2,13,14,18). The van der Waals surface area contributed by atoms with E-state index in [0.717, 1.165) is 12.8 Å². The van der Waals surface area contributed by atoms with Gasteiger partial charge in [0.15, 0.2) is 0 Å². The van der Waals surface area contributed by atoms with Crippen molar-refractivity contribution in [3.8, 4) is 0 Å². The van der Waals surface area contributed by atoms with Gasteiger partial charge in [0.05, 0.1) is 19.1 Å². The number of aliphatic carboxylic acids is 1. The molecule has 0 atom stereocenters. The van der Waals surface area contributed by atoms with Crippen LogP contribution in [0.4, 0.5) is 4.79 Å². The van der Waals surface area contributed by atoms with Crippen LogP contribution in [0.1, 0.15) is 25.7 Å². The molecule has 1 saturated carbocycles. The highest BCUT2D eigenvalue weighted by molar-refractivity contribution is 5.74. The zero-order chi connectivity index (χ0) is 13.7. The molecule has 1 aliphatic heterocycles. The zero-order valence-electron chi connectivity index (χ0n) is 10.9. The summed E-state index contributed by atoms with van der Waals surface area (Å²) >= 11 is 0. The molecule has 0 aromatic heterocycles. The van der Waals surface area contributed by atoms with Gasteiger partial charge in [0.2, 0.25) is 0 Å². The zero-order valence-corrected chi connectivity index (χ0v) is 10.9. The summed E-state index contributed by atoms with van der Waals surface area (Å²) in [5, 5.41) is 13.6. The molecule has 0 radical (unpaired) electrons. The number of hydrogen-bond acceptors (Lipinski definition) is 4. The average molecular weight is 271 g/mol. The Balaban J connectivity index is 1.67. The van der Waals surface area contributed by atoms with Gasteiger partial charge in [-0.15, -0.1) is 0 Å². The molecule has 2 rings (SSSR count). The first-order chi connectivity index (χ1) is 9.15. The molecule has 0 unspecified atom stereocenters. The van der Waals surface area contributed by atoms with Gasteiger partial charge in [-0.2, -0.15) is 0 Å². The minimum atomic E-state index is -0.726. The fraction of sp³-hybridized carbons (Fsp3) is 0.833. The number of morpholine rings is 1. The molecule has 7 nitrogen and oxygen atoms in total. The van der Waals surface area contributed by atoms with Crippen LogP contribution in [0.25, 0.3) is 0 Å². The van der Waals surface area contributed by atoms with Crippen LogP contribution in [-0.4, -0.2) is 54.5 Å². The summed E-state index contributed by atoms with van der Waals surface area (Å²) in [4.78, 5) is 22.6. The number of carboxylic acids is 1. The maximum absolute atomic E-state index is 11.8. The number of ether oxygens (including phenoxy) is 1. The molecular formula is C12H21N3O4. The Morgan fingerprint density at radius 2 is 1.74 bits per heavy atom. The molecule has 0 spiro atoms. The van der Waals surface area contributed by atoms with E-state index in [2.05, 4.69) is 10.7 Å². The topological polar surface area (TPSA) is 90.9 Å². The van der Waals surface area contributed by atoms with E-state index in [4.69, 9.17) is 9.84 Å². The van der Waals surface area contributed by atoms with E-state index in [0.29, 0.717) is 39.1 Å². The average Bonchev–Trinajstić information content (AvgIpc) is 2.40. The van der Waals surface area contributed by atoms with Crippen LogP contribution in [0.3, 0.4) is 0 Å². The van der Waals surface area contributed by atoms with E-state index in [1.165, 1.54) is 0 Å². The summed E-state index contributed by atoms with van der Waals surface area (Å²) in [5.74, 6) is -0.975. The van der Waals surface area contributed by atoms with Crippen molar-refractivity contribution in [2.75, 3.05) is 26.3 Å². The van der Waals surface area contributed by atoms with E-state index in [1.54, 1.807) is 0 Å². The van der Waals surface area contributed by atoms with Crippen molar-refractivity contribution in [3.63, 3.8) is 0 Å². The van der Waals surface area contributed by atoms with Crippen molar-refractivity contribution in [1.29, 1.82) is 0 Å². The maximum atomic E-state index is 11.8. The van der Waals surface area contributed by atoms with Crippen LogP contribution in [0.15, 0.2) is 0 Å². The van der Waals surface area contributed by atoms with Gasteiger partial charge in [-0.3, -0.25) is 10.2 Å². The van der Waals surface area contributed by atoms with Crippen LogP contribution in [0.5, 0.6) is 0 Å². The van der Waals surface area contributed by atoms with Gasteiger partial charge in [-0.1, -0.05) is 0 Å². The SMILES string of the molecule is O=C(NC1CCC(C(=O)O)CC1)NN1CCOCC1. The lowest BCUT2D eigenvalue weighted by Gasteiger charge is -2.30. The Hall–Kier alpha value is -1.34. The maximum Gasteiger partial charge on any atom is 0.329 e. The summed E-state index contributed by atoms with van der Waals surface area (Å²) in [6.07, 6.45) is 2.73. The predicted octanol–water partition coefficient (Wildman–Crippen LogP) is 0.176. The van der Waals surface area contributed by atoms with Gasteiger partial charge in [0.1, 0.15) is 0 Å². The number of carbonyl (C=O) groups excluding carboxylic acids is 1. The van der Waals surface area contributed by atoms with Crippen molar-refractivity contribution in [2.45, 2.75) is 31.7 Å². The van der Waals surface area contributed by atoms with E-state index in [-0.39, 0.29) is 18.0 Å². The molecule has 19 heavy (non-hydrogen) atoms. The van der Waals surface area contributed by atoms with Gasteiger partial charge in [-0.05, 0) is 25.7 Å². The molecule has 0 aromatic rings. The number of rotatable bonds is 3. The third-order valence-corrected chi connectivity index (χ3v) is 3.68. The molecule has 1 saturated heterocycles. The molecule has 0 bridgehead atoms. The van der Waals surface area contributed by atoms with Crippen molar-refractivity contribution < 1.29 is 19.4 Å². The molecule has 2 fully saturated rings. The number of amides is 2. The third-order valence-electron chi connectivity index (χ3n) is 3.68.